The van der Waals surface area contributed by atoms with Gasteiger partial charge >= 0.3 is 0 Å². The maximum atomic E-state index is 11.6. The molecule has 4 heteroatoms. The van der Waals surface area contributed by atoms with Crippen molar-refractivity contribution in [2.75, 3.05) is 0 Å². The average Bonchev–Trinajstić information content (AvgIpc) is 2.62. The first-order chi connectivity index (χ1) is 7.17. The van der Waals surface area contributed by atoms with Crippen LogP contribution in [0.4, 0.5) is 0 Å². The fourth-order valence-electron chi connectivity index (χ4n) is 1.81. The fourth-order valence-corrected chi connectivity index (χ4v) is 1.81. The van der Waals surface area contributed by atoms with Gasteiger partial charge < -0.3 is 4.98 Å². The minimum absolute atomic E-state index is 0.0121. The van der Waals surface area contributed by atoms with Gasteiger partial charge in [0, 0.05) is 11.6 Å². The summed E-state index contributed by atoms with van der Waals surface area (Å²) >= 11 is 0. The summed E-state index contributed by atoms with van der Waals surface area (Å²) in [6, 6.07) is 1.93. The Kier molecular flexibility index (Phi) is 2.34. The van der Waals surface area contributed by atoms with E-state index in [1.807, 2.05) is 24.4 Å². The van der Waals surface area contributed by atoms with Gasteiger partial charge in [-0.05, 0) is 19.8 Å². The summed E-state index contributed by atoms with van der Waals surface area (Å²) < 4.78 is 1.84. The van der Waals surface area contributed by atoms with Gasteiger partial charge in [-0.2, -0.15) is 5.10 Å². The van der Waals surface area contributed by atoms with E-state index in [1.165, 1.54) is 0 Å². The topological polar surface area (TPSA) is 50.2 Å². The van der Waals surface area contributed by atoms with Crippen LogP contribution in [0.25, 0.3) is 5.65 Å². The van der Waals surface area contributed by atoms with Crippen LogP contribution >= 0.6 is 0 Å². The normalized spacial score (nSPS) is 11.1. The van der Waals surface area contributed by atoms with Gasteiger partial charge in [-0.1, -0.05) is 13.8 Å². The molecule has 15 heavy (non-hydrogen) atoms. The molecule has 2 aromatic rings. The molecule has 2 aromatic heterocycles. The molecule has 0 aliphatic heterocycles. The molecular weight excluding hydrogens is 190 g/mol. The van der Waals surface area contributed by atoms with E-state index in [0.717, 1.165) is 35.4 Å². The van der Waals surface area contributed by atoms with Crippen molar-refractivity contribution in [2.45, 2.75) is 33.6 Å². The van der Waals surface area contributed by atoms with Gasteiger partial charge in [-0.3, -0.25) is 4.79 Å². The van der Waals surface area contributed by atoms with Crippen LogP contribution in [-0.4, -0.2) is 14.6 Å². The predicted molar refractivity (Wildman–Crippen MR) is 59.3 cm³/mol. The molecule has 4 nitrogen and oxygen atoms in total. The van der Waals surface area contributed by atoms with Crippen LogP contribution in [0.2, 0.25) is 0 Å². The average molecular weight is 205 g/mol. The zero-order chi connectivity index (χ0) is 11.0. The first-order valence-corrected chi connectivity index (χ1v) is 5.27. The SMILES string of the molecule is CCc1cc2[nH]c(=O)c(C)c(CC)n2n1. The maximum Gasteiger partial charge on any atom is 0.254 e. The standard InChI is InChI=1S/C11H15N3O/c1-4-8-6-10-12-11(15)7(3)9(5-2)14(10)13-8/h6H,4-5H2,1-3H3,(H,12,15). The number of aromatic amines is 1. The smallest absolute Gasteiger partial charge is 0.254 e. The molecule has 0 unspecified atom stereocenters. The van der Waals surface area contributed by atoms with Crippen LogP contribution in [0.15, 0.2) is 10.9 Å². The first kappa shape index (κ1) is 9.96. The Labute approximate surface area is 87.9 Å². The lowest BCUT2D eigenvalue weighted by atomic mass is 10.2. The molecule has 0 atom stereocenters. The lowest BCUT2D eigenvalue weighted by Gasteiger charge is -2.04. The Morgan fingerprint density at radius 1 is 1.40 bits per heavy atom. The van der Waals surface area contributed by atoms with Crippen LogP contribution in [-0.2, 0) is 12.8 Å². The molecule has 0 aromatic carbocycles. The van der Waals surface area contributed by atoms with Gasteiger partial charge in [0.1, 0.15) is 5.65 Å². The third-order valence-electron chi connectivity index (χ3n) is 2.73. The number of aromatic nitrogens is 3. The third-order valence-corrected chi connectivity index (χ3v) is 2.73. The largest absolute Gasteiger partial charge is 0.307 e. The summed E-state index contributed by atoms with van der Waals surface area (Å²) in [6.45, 7) is 5.93. The number of hydrogen-bond donors (Lipinski definition) is 1. The summed E-state index contributed by atoms with van der Waals surface area (Å²) in [7, 11) is 0. The Hall–Kier alpha value is -1.58. The molecule has 2 heterocycles. The highest BCUT2D eigenvalue weighted by Crippen LogP contribution is 2.09. The Morgan fingerprint density at radius 2 is 2.13 bits per heavy atom. The molecule has 0 radical (unpaired) electrons. The summed E-state index contributed by atoms with van der Waals surface area (Å²) in [4.78, 5) is 14.4. The fraction of sp³-hybridized carbons (Fsp3) is 0.455. The van der Waals surface area contributed by atoms with Crippen molar-refractivity contribution in [3.8, 4) is 0 Å². The molecule has 0 aliphatic rings. The number of H-pyrrole nitrogens is 1. The van der Waals surface area contributed by atoms with E-state index in [0.29, 0.717) is 0 Å². The predicted octanol–water partition coefficient (Wildman–Crippen LogP) is 1.46. The molecular formula is C11H15N3O. The summed E-state index contributed by atoms with van der Waals surface area (Å²) in [6.07, 6.45) is 1.70. The van der Waals surface area contributed by atoms with Crippen molar-refractivity contribution in [3.05, 3.63) is 33.4 Å². The molecule has 0 aliphatic carbocycles. The Bertz CT molecular complexity index is 551. The van der Waals surface area contributed by atoms with Gasteiger partial charge in [0.15, 0.2) is 0 Å². The van der Waals surface area contributed by atoms with Crippen molar-refractivity contribution < 1.29 is 0 Å². The summed E-state index contributed by atoms with van der Waals surface area (Å²) in [5.41, 5.74) is 3.54. The highest BCUT2D eigenvalue weighted by atomic mass is 16.1. The number of fused-ring (bicyclic) bond motifs is 1. The Morgan fingerprint density at radius 3 is 2.73 bits per heavy atom. The van der Waals surface area contributed by atoms with Crippen LogP contribution < -0.4 is 5.56 Å². The van der Waals surface area contributed by atoms with E-state index in [2.05, 4.69) is 17.0 Å². The minimum atomic E-state index is -0.0121. The van der Waals surface area contributed by atoms with Gasteiger partial charge in [-0.25, -0.2) is 4.52 Å². The zero-order valence-corrected chi connectivity index (χ0v) is 9.29. The molecule has 0 spiro atoms. The van der Waals surface area contributed by atoms with Crippen molar-refractivity contribution >= 4 is 5.65 Å². The van der Waals surface area contributed by atoms with E-state index in [9.17, 15) is 4.79 Å². The van der Waals surface area contributed by atoms with Crippen molar-refractivity contribution in [3.63, 3.8) is 0 Å². The zero-order valence-electron chi connectivity index (χ0n) is 9.29. The number of nitrogens with one attached hydrogen (secondary N) is 1. The van der Waals surface area contributed by atoms with E-state index >= 15 is 0 Å². The number of hydrogen-bond acceptors (Lipinski definition) is 2. The van der Waals surface area contributed by atoms with Crippen LogP contribution in [0, 0.1) is 6.92 Å². The summed E-state index contributed by atoms with van der Waals surface area (Å²) in [5, 5.41) is 4.45. The molecule has 0 bridgehead atoms. The van der Waals surface area contributed by atoms with Crippen molar-refractivity contribution in [1.29, 1.82) is 0 Å². The minimum Gasteiger partial charge on any atom is -0.307 e. The van der Waals surface area contributed by atoms with Gasteiger partial charge in [-0.15, -0.1) is 0 Å². The van der Waals surface area contributed by atoms with Crippen LogP contribution in [0.5, 0.6) is 0 Å². The lowest BCUT2D eigenvalue weighted by Crippen LogP contribution is -2.16. The monoisotopic (exact) mass is 205 g/mol. The molecule has 0 saturated heterocycles. The van der Waals surface area contributed by atoms with E-state index in [1.54, 1.807) is 0 Å². The van der Waals surface area contributed by atoms with Gasteiger partial charge in [0.2, 0.25) is 0 Å². The Balaban J connectivity index is 2.85. The summed E-state index contributed by atoms with van der Waals surface area (Å²) in [5.74, 6) is 0. The van der Waals surface area contributed by atoms with E-state index in [-0.39, 0.29) is 5.56 Å². The molecule has 0 amide bonds. The van der Waals surface area contributed by atoms with Gasteiger partial charge in [0.05, 0.1) is 11.4 Å². The number of rotatable bonds is 2. The highest BCUT2D eigenvalue weighted by Gasteiger charge is 2.09. The van der Waals surface area contributed by atoms with Gasteiger partial charge in [0.25, 0.3) is 5.56 Å². The number of nitrogens with zero attached hydrogens (tertiary/aromatic N) is 2. The molecule has 1 N–H and O–H groups in total. The first-order valence-electron chi connectivity index (χ1n) is 5.27. The van der Waals surface area contributed by atoms with Crippen molar-refractivity contribution in [1.82, 2.24) is 14.6 Å². The second-order valence-electron chi connectivity index (χ2n) is 3.67. The lowest BCUT2D eigenvalue weighted by molar-refractivity contribution is 0.805. The molecule has 0 fully saturated rings. The third kappa shape index (κ3) is 1.46. The quantitative estimate of drug-likeness (QED) is 0.806. The number of aryl methyl sites for hydroxylation is 2. The maximum absolute atomic E-state index is 11.6. The second-order valence-corrected chi connectivity index (χ2v) is 3.67. The van der Waals surface area contributed by atoms with E-state index < -0.39 is 0 Å². The molecule has 80 valence electrons. The molecule has 0 saturated carbocycles. The van der Waals surface area contributed by atoms with Crippen LogP contribution in [0.1, 0.15) is 30.8 Å². The second kappa shape index (κ2) is 3.53. The molecule has 2 rings (SSSR count). The van der Waals surface area contributed by atoms with Crippen molar-refractivity contribution in [2.24, 2.45) is 0 Å². The van der Waals surface area contributed by atoms with E-state index in [4.69, 9.17) is 0 Å². The van der Waals surface area contributed by atoms with Crippen LogP contribution in [0.3, 0.4) is 0 Å². The highest BCUT2D eigenvalue weighted by molar-refractivity contribution is 5.42.